The van der Waals surface area contributed by atoms with Gasteiger partial charge in [0, 0.05) is 42.7 Å². The maximum atomic E-state index is 14.3. The van der Waals surface area contributed by atoms with Crippen LogP contribution in [0, 0.1) is 11.6 Å². The topological polar surface area (TPSA) is 126 Å². The van der Waals surface area contributed by atoms with Gasteiger partial charge in [-0.15, -0.1) is 0 Å². The lowest BCUT2D eigenvalue weighted by Crippen LogP contribution is -2.40. The van der Waals surface area contributed by atoms with Gasteiger partial charge in [-0.1, -0.05) is 18.2 Å². The quantitative estimate of drug-likeness (QED) is 0.292. The average Bonchev–Trinajstić information content (AvgIpc) is 3.31. The molecule has 1 aliphatic heterocycles. The summed E-state index contributed by atoms with van der Waals surface area (Å²) in [5.74, 6) is -2.35. The fourth-order valence-electron chi connectivity index (χ4n) is 5.29. The molecule has 0 spiro atoms. The molecule has 0 saturated carbocycles. The van der Waals surface area contributed by atoms with Gasteiger partial charge in [0.05, 0.1) is 23.3 Å². The van der Waals surface area contributed by atoms with Gasteiger partial charge in [-0.3, -0.25) is 9.52 Å². The largest absolute Gasteiger partial charge is 0.455 e. The highest BCUT2D eigenvalue weighted by molar-refractivity contribution is 7.92. The number of anilines is 1. The number of hydrogen-bond acceptors (Lipinski definition) is 6. The van der Waals surface area contributed by atoms with Crippen molar-refractivity contribution in [3.63, 3.8) is 0 Å². The Kier molecular flexibility index (Phi) is 8.10. The highest BCUT2D eigenvalue weighted by Crippen LogP contribution is 2.41. The average molecular weight is 618 g/mol. The molecule has 1 amide bonds. The number of fused-ring (bicyclic) bond motifs is 1. The van der Waals surface area contributed by atoms with Crippen molar-refractivity contribution >= 4 is 42.6 Å². The van der Waals surface area contributed by atoms with E-state index in [2.05, 4.69) is 10.0 Å². The van der Waals surface area contributed by atoms with Gasteiger partial charge in [0.25, 0.3) is 5.91 Å². The molecule has 1 aromatic heterocycles. The third-order valence-electron chi connectivity index (χ3n) is 7.23. The molecule has 222 valence electrons. The van der Waals surface area contributed by atoms with Gasteiger partial charge in [-0.05, 0) is 60.7 Å². The summed E-state index contributed by atoms with van der Waals surface area (Å²) >= 11 is 0. The molecule has 0 unspecified atom stereocenters. The highest BCUT2D eigenvalue weighted by Gasteiger charge is 2.33. The summed E-state index contributed by atoms with van der Waals surface area (Å²) in [4.78, 5) is 13.1. The van der Waals surface area contributed by atoms with Crippen molar-refractivity contribution in [2.75, 3.05) is 31.1 Å². The molecular weight excluding hydrogens is 588 g/mol. The minimum atomic E-state index is -3.91. The number of piperidine rings is 1. The zero-order valence-electron chi connectivity index (χ0n) is 22.9. The Morgan fingerprint density at radius 2 is 1.76 bits per heavy atom. The lowest BCUT2D eigenvalue weighted by molar-refractivity contribution is 0.0964. The van der Waals surface area contributed by atoms with Crippen molar-refractivity contribution in [2.45, 2.75) is 24.5 Å². The van der Waals surface area contributed by atoms with Gasteiger partial charge in [0.15, 0.2) is 0 Å². The summed E-state index contributed by atoms with van der Waals surface area (Å²) in [7, 11) is -6.22. The van der Waals surface area contributed by atoms with E-state index in [9.17, 15) is 30.4 Å². The second-order valence-corrected chi connectivity index (χ2v) is 14.0. The number of hydrogen-bond donors (Lipinski definition) is 2. The standard InChI is InChI=1S/C29H29F2N3O6S2/c1-32-29(35)27-23-14-22(19-7-5-13-34(16-19)42(38,39)17-20-6-3-4-8-24(20)31)25(33-41(2,36)37)15-26(23)40-28(27)18-9-11-21(30)12-10-18/h3-4,6,8-12,14-15,19,33H,5,7,13,16-17H2,1-2H3,(H,32,35)/t19-/m0/s1. The van der Waals surface area contributed by atoms with Crippen LogP contribution in [0.3, 0.4) is 0 Å². The summed E-state index contributed by atoms with van der Waals surface area (Å²) in [6.07, 6.45) is 2.01. The van der Waals surface area contributed by atoms with E-state index in [0.29, 0.717) is 29.4 Å². The van der Waals surface area contributed by atoms with Gasteiger partial charge in [0.1, 0.15) is 23.0 Å². The van der Waals surface area contributed by atoms with E-state index in [-0.39, 0.29) is 41.2 Å². The number of furan rings is 1. The second-order valence-electron chi connectivity index (χ2n) is 10.2. The van der Waals surface area contributed by atoms with Crippen LogP contribution in [0.25, 0.3) is 22.3 Å². The van der Waals surface area contributed by atoms with Crippen molar-refractivity contribution in [1.29, 1.82) is 0 Å². The highest BCUT2D eigenvalue weighted by atomic mass is 32.2. The van der Waals surface area contributed by atoms with Gasteiger partial charge < -0.3 is 9.73 Å². The normalized spacial score (nSPS) is 16.4. The smallest absolute Gasteiger partial charge is 0.255 e. The molecule has 0 aliphatic carbocycles. The van der Waals surface area contributed by atoms with Crippen LogP contribution in [0.2, 0.25) is 0 Å². The molecule has 13 heteroatoms. The number of halogens is 2. The lowest BCUT2D eigenvalue weighted by atomic mass is 9.89. The number of carbonyl (C=O) groups is 1. The second kappa shape index (κ2) is 11.5. The third kappa shape index (κ3) is 6.18. The van der Waals surface area contributed by atoms with Crippen LogP contribution in [-0.4, -0.2) is 53.4 Å². The fourth-order valence-corrected chi connectivity index (χ4v) is 7.49. The van der Waals surface area contributed by atoms with Gasteiger partial charge in [0.2, 0.25) is 20.0 Å². The number of sulfonamides is 2. The van der Waals surface area contributed by atoms with E-state index in [1.54, 1.807) is 12.1 Å². The Morgan fingerprint density at radius 1 is 1.05 bits per heavy atom. The summed E-state index contributed by atoms with van der Waals surface area (Å²) in [6, 6.07) is 14.2. The first kappa shape index (κ1) is 29.7. The molecule has 2 heterocycles. The summed E-state index contributed by atoms with van der Waals surface area (Å²) in [6.45, 7) is 0.257. The summed E-state index contributed by atoms with van der Waals surface area (Å²) in [5.41, 5.74) is 1.55. The predicted octanol–water partition coefficient (Wildman–Crippen LogP) is 4.82. The van der Waals surface area contributed by atoms with Crippen molar-refractivity contribution in [2.24, 2.45) is 0 Å². The Bertz CT molecular complexity index is 1870. The van der Waals surface area contributed by atoms with E-state index in [1.807, 2.05) is 0 Å². The maximum Gasteiger partial charge on any atom is 0.255 e. The molecular formula is C29H29F2N3O6S2. The molecule has 9 nitrogen and oxygen atoms in total. The Hall–Kier alpha value is -3.81. The molecule has 0 bridgehead atoms. The van der Waals surface area contributed by atoms with Crippen molar-refractivity contribution in [3.05, 3.63) is 89.0 Å². The summed E-state index contributed by atoms with van der Waals surface area (Å²) in [5, 5.41) is 2.97. The van der Waals surface area contributed by atoms with Gasteiger partial charge in [-0.25, -0.2) is 29.9 Å². The van der Waals surface area contributed by atoms with E-state index >= 15 is 0 Å². The van der Waals surface area contributed by atoms with Gasteiger partial charge >= 0.3 is 0 Å². The van der Waals surface area contributed by atoms with Crippen LogP contribution in [0.1, 0.15) is 40.2 Å². The number of carbonyl (C=O) groups excluding carboxylic acids is 1. The first-order valence-electron chi connectivity index (χ1n) is 13.1. The number of rotatable bonds is 8. The maximum absolute atomic E-state index is 14.3. The third-order valence-corrected chi connectivity index (χ3v) is 9.61. The van der Waals surface area contributed by atoms with Crippen LogP contribution in [-0.2, 0) is 25.8 Å². The molecule has 2 N–H and O–H groups in total. The Labute approximate surface area is 242 Å². The van der Waals surface area contributed by atoms with E-state index in [1.165, 1.54) is 59.9 Å². The Morgan fingerprint density at radius 3 is 2.43 bits per heavy atom. The molecule has 0 radical (unpaired) electrons. The zero-order valence-corrected chi connectivity index (χ0v) is 24.5. The molecule has 42 heavy (non-hydrogen) atoms. The van der Waals surface area contributed by atoms with Gasteiger partial charge in [-0.2, -0.15) is 0 Å². The molecule has 1 atom stereocenters. The van der Waals surface area contributed by atoms with Crippen LogP contribution in [0.5, 0.6) is 0 Å². The monoisotopic (exact) mass is 617 g/mol. The SMILES string of the molecule is CNC(=O)c1c(-c2ccc(F)cc2)oc2cc(NS(C)(=O)=O)c([C@H]3CCCN(S(=O)(=O)Cc4ccccc4F)C3)cc12. The number of amides is 1. The van der Waals surface area contributed by atoms with E-state index < -0.39 is 49.3 Å². The predicted molar refractivity (Wildman–Crippen MR) is 156 cm³/mol. The molecule has 4 aromatic rings. The fraction of sp³-hybridized carbons (Fsp3) is 0.276. The van der Waals surface area contributed by atoms with Crippen molar-refractivity contribution in [3.8, 4) is 11.3 Å². The van der Waals surface area contributed by atoms with E-state index in [0.717, 1.165) is 6.26 Å². The minimum Gasteiger partial charge on any atom is -0.455 e. The van der Waals surface area contributed by atoms with E-state index in [4.69, 9.17) is 4.42 Å². The molecule has 5 rings (SSSR count). The molecule has 1 aliphatic rings. The molecule has 3 aromatic carbocycles. The summed E-state index contributed by atoms with van der Waals surface area (Å²) < 4.78 is 89.0. The van der Waals surface area contributed by atoms with Crippen LogP contribution in [0.15, 0.2) is 65.1 Å². The first-order chi connectivity index (χ1) is 19.9. The van der Waals surface area contributed by atoms with Crippen molar-refractivity contribution < 1.29 is 34.8 Å². The number of nitrogens with zero attached hydrogens (tertiary/aromatic N) is 1. The molecule has 1 fully saturated rings. The Balaban J connectivity index is 1.60. The lowest BCUT2D eigenvalue weighted by Gasteiger charge is -2.33. The van der Waals surface area contributed by atoms with Crippen molar-refractivity contribution in [1.82, 2.24) is 9.62 Å². The number of nitrogens with one attached hydrogen (secondary N) is 2. The number of benzene rings is 3. The zero-order chi connectivity index (χ0) is 30.2. The minimum absolute atomic E-state index is 0.0265. The molecule has 1 saturated heterocycles. The van der Waals surface area contributed by atoms with Crippen LogP contribution in [0.4, 0.5) is 14.5 Å². The van der Waals surface area contributed by atoms with Crippen LogP contribution < -0.4 is 10.0 Å². The van der Waals surface area contributed by atoms with Crippen LogP contribution >= 0.6 is 0 Å². The first-order valence-corrected chi connectivity index (χ1v) is 16.6.